The van der Waals surface area contributed by atoms with Gasteiger partial charge in [-0.25, -0.2) is 0 Å². The van der Waals surface area contributed by atoms with E-state index in [9.17, 15) is 4.79 Å². The van der Waals surface area contributed by atoms with E-state index in [1.807, 2.05) is 31.2 Å². The van der Waals surface area contributed by atoms with Crippen molar-refractivity contribution in [1.82, 2.24) is 0 Å². The minimum Gasteiger partial charge on any atom is -0.379 e. The Bertz CT molecular complexity index is 382. The molecule has 1 aliphatic heterocycles. The molecule has 1 unspecified atom stereocenters. The van der Waals surface area contributed by atoms with Crippen LogP contribution in [0.3, 0.4) is 0 Å². The third-order valence-electron chi connectivity index (χ3n) is 3.13. The van der Waals surface area contributed by atoms with Crippen LogP contribution in [-0.2, 0) is 0 Å². The number of benzene rings is 1. The van der Waals surface area contributed by atoms with E-state index in [-0.39, 0.29) is 17.2 Å². The van der Waals surface area contributed by atoms with Gasteiger partial charge in [0, 0.05) is 22.7 Å². The zero-order valence-electron chi connectivity index (χ0n) is 8.79. The average molecular weight is 189 g/mol. The van der Waals surface area contributed by atoms with Gasteiger partial charge in [-0.2, -0.15) is 0 Å². The number of carbonyl (C=O) groups is 1. The monoisotopic (exact) mass is 189 g/mol. The second-order valence-corrected chi connectivity index (χ2v) is 4.48. The molecule has 0 bridgehead atoms. The fourth-order valence-electron chi connectivity index (χ4n) is 1.82. The van der Waals surface area contributed by atoms with Gasteiger partial charge in [0.15, 0.2) is 5.78 Å². The number of ketones is 1. The molecule has 0 saturated carbocycles. The first kappa shape index (κ1) is 9.25. The first-order valence-electron chi connectivity index (χ1n) is 4.94. The van der Waals surface area contributed by atoms with Crippen LogP contribution in [0.25, 0.3) is 0 Å². The van der Waals surface area contributed by atoms with E-state index in [1.165, 1.54) is 0 Å². The summed E-state index contributed by atoms with van der Waals surface area (Å²) >= 11 is 0. The van der Waals surface area contributed by atoms with Crippen LogP contribution >= 0.6 is 0 Å². The fourth-order valence-corrected chi connectivity index (χ4v) is 1.82. The molecule has 2 rings (SSSR count). The number of rotatable bonds is 0. The molecule has 1 atom stereocenters. The Morgan fingerprint density at radius 1 is 1.29 bits per heavy atom. The van der Waals surface area contributed by atoms with Gasteiger partial charge in [0.1, 0.15) is 0 Å². The lowest BCUT2D eigenvalue weighted by Gasteiger charge is -2.38. The second-order valence-electron chi connectivity index (χ2n) is 4.48. The zero-order valence-corrected chi connectivity index (χ0v) is 8.79. The predicted molar refractivity (Wildman–Crippen MR) is 57.6 cm³/mol. The zero-order chi connectivity index (χ0) is 10.3. The lowest BCUT2D eigenvalue weighted by molar-refractivity contribution is 0.0883. The van der Waals surface area contributed by atoms with Crippen LogP contribution in [-0.4, -0.2) is 11.3 Å². The quantitative estimate of drug-likeness (QED) is 0.680. The van der Waals surface area contributed by atoms with Crippen molar-refractivity contribution < 1.29 is 4.79 Å². The van der Waals surface area contributed by atoms with Gasteiger partial charge in [0.05, 0.1) is 0 Å². The van der Waals surface area contributed by atoms with Gasteiger partial charge >= 0.3 is 0 Å². The van der Waals surface area contributed by atoms with E-state index >= 15 is 0 Å². The number of Topliss-reactive ketones (excluding diaryl/α,β-unsaturated/α-hetero) is 1. The lowest BCUT2D eigenvalue weighted by atomic mass is 9.79. The molecule has 74 valence electrons. The molecule has 0 aliphatic carbocycles. The van der Waals surface area contributed by atoms with Gasteiger partial charge in [-0.3, -0.25) is 4.79 Å². The minimum absolute atomic E-state index is 0.0254. The van der Waals surface area contributed by atoms with Crippen molar-refractivity contribution in [2.75, 3.05) is 5.32 Å². The molecule has 1 aromatic rings. The summed E-state index contributed by atoms with van der Waals surface area (Å²) in [5.74, 6) is 0.266. The molecule has 2 nitrogen and oxygen atoms in total. The van der Waals surface area contributed by atoms with E-state index < -0.39 is 0 Å². The van der Waals surface area contributed by atoms with Gasteiger partial charge in [0.2, 0.25) is 0 Å². The van der Waals surface area contributed by atoms with E-state index in [4.69, 9.17) is 0 Å². The highest BCUT2D eigenvalue weighted by Crippen LogP contribution is 2.33. The van der Waals surface area contributed by atoms with Gasteiger partial charge in [-0.15, -0.1) is 0 Å². The average Bonchev–Trinajstić information content (AvgIpc) is 2.14. The topological polar surface area (TPSA) is 29.1 Å². The number of carbonyl (C=O) groups excluding carboxylic acids is 1. The SMILES string of the molecule is CC1C(=O)c2ccccc2NC1(C)C. The van der Waals surface area contributed by atoms with Crippen LogP contribution in [0.4, 0.5) is 5.69 Å². The highest BCUT2D eigenvalue weighted by molar-refractivity contribution is 6.05. The number of hydrogen-bond acceptors (Lipinski definition) is 2. The molecular formula is C12H15NO. The molecule has 14 heavy (non-hydrogen) atoms. The Kier molecular flexibility index (Phi) is 1.88. The van der Waals surface area contributed by atoms with Crippen molar-refractivity contribution >= 4 is 11.5 Å². The smallest absolute Gasteiger partial charge is 0.170 e. The normalized spacial score (nSPS) is 23.9. The maximum atomic E-state index is 12.0. The molecular weight excluding hydrogens is 174 g/mol. The summed E-state index contributed by atoms with van der Waals surface area (Å²) in [6.45, 7) is 6.10. The summed E-state index contributed by atoms with van der Waals surface area (Å²) < 4.78 is 0. The number of hydrogen-bond donors (Lipinski definition) is 1. The van der Waals surface area contributed by atoms with E-state index in [0.717, 1.165) is 11.3 Å². The van der Waals surface area contributed by atoms with Crippen molar-refractivity contribution in [1.29, 1.82) is 0 Å². The molecule has 0 radical (unpaired) electrons. The molecule has 1 aromatic carbocycles. The Morgan fingerprint density at radius 3 is 2.64 bits per heavy atom. The van der Waals surface area contributed by atoms with Crippen molar-refractivity contribution in [3.63, 3.8) is 0 Å². The molecule has 0 spiro atoms. The largest absolute Gasteiger partial charge is 0.379 e. The van der Waals surface area contributed by atoms with Crippen LogP contribution in [0.15, 0.2) is 24.3 Å². The summed E-state index contributed by atoms with van der Waals surface area (Å²) in [4.78, 5) is 12.0. The first-order valence-corrected chi connectivity index (χ1v) is 4.94. The maximum absolute atomic E-state index is 12.0. The molecule has 0 aromatic heterocycles. The number of fused-ring (bicyclic) bond motifs is 1. The predicted octanol–water partition coefficient (Wildman–Crippen LogP) is 2.71. The van der Waals surface area contributed by atoms with E-state index in [0.29, 0.717) is 0 Å². The first-order chi connectivity index (χ1) is 6.52. The Balaban J connectivity index is 2.54. The van der Waals surface area contributed by atoms with Crippen LogP contribution in [0.2, 0.25) is 0 Å². The molecule has 0 saturated heterocycles. The summed E-state index contributed by atoms with van der Waals surface area (Å²) in [5, 5.41) is 3.40. The van der Waals surface area contributed by atoms with E-state index in [2.05, 4.69) is 19.2 Å². The van der Waals surface area contributed by atoms with Crippen LogP contribution < -0.4 is 5.32 Å². The third kappa shape index (κ3) is 1.22. The maximum Gasteiger partial charge on any atom is 0.170 e. The van der Waals surface area contributed by atoms with Gasteiger partial charge in [-0.05, 0) is 26.0 Å². The standard InChI is InChI=1S/C12H15NO/c1-8-11(14)9-6-4-5-7-10(9)13-12(8,2)3/h4-8,13H,1-3H3. The van der Waals surface area contributed by atoms with Gasteiger partial charge in [-0.1, -0.05) is 19.1 Å². The number of nitrogens with one attached hydrogen (secondary N) is 1. The van der Waals surface area contributed by atoms with Gasteiger partial charge in [0.25, 0.3) is 0 Å². The minimum atomic E-state index is -0.147. The summed E-state index contributed by atoms with van der Waals surface area (Å²) in [7, 11) is 0. The molecule has 1 heterocycles. The summed E-state index contributed by atoms with van der Waals surface area (Å²) in [6, 6.07) is 7.70. The molecule has 2 heteroatoms. The van der Waals surface area contributed by atoms with E-state index in [1.54, 1.807) is 0 Å². The molecule has 0 fully saturated rings. The lowest BCUT2D eigenvalue weighted by Crippen LogP contribution is -2.46. The van der Waals surface area contributed by atoms with Crippen molar-refractivity contribution in [3.8, 4) is 0 Å². The highest BCUT2D eigenvalue weighted by Gasteiger charge is 2.37. The summed E-state index contributed by atoms with van der Waals surface area (Å²) in [5.41, 5.74) is 1.63. The Morgan fingerprint density at radius 2 is 1.93 bits per heavy atom. The third-order valence-corrected chi connectivity index (χ3v) is 3.13. The van der Waals surface area contributed by atoms with Crippen LogP contribution in [0, 0.1) is 5.92 Å². The number of para-hydroxylation sites is 1. The Hall–Kier alpha value is -1.31. The highest BCUT2D eigenvalue weighted by atomic mass is 16.1. The van der Waals surface area contributed by atoms with Crippen molar-refractivity contribution in [2.24, 2.45) is 5.92 Å². The molecule has 1 N–H and O–H groups in total. The van der Waals surface area contributed by atoms with Crippen LogP contribution in [0.5, 0.6) is 0 Å². The van der Waals surface area contributed by atoms with Crippen LogP contribution in [0.1, 0.15) is 31.1 Å². The Labute approximate surface area is 84.3 Å². The van der Waals surface area contributed by atoms with Crippen molar-refractivity contribution in [2.45, 2.75) is 26.3 Å². The second kappa shape index (κ2) is 2.84. The summed E-state index contributed by atoms with van der Waals surface area (Å²) in [6.07, 6.45) is 0. The van der Waals surface area contributed by atoms with Gasteiger partial charge < -0.3 is 5.32 Å². The fraction of sp³-hybridized carbons (Fsp3) is 0.417. The number of anilines is 1. The molecule has 1 aliphatic rings. The van der Waals surface area contributed by atoms with Crippen molar-refractivity contribution in [3.05, 3.63) is 29.8 Å². The molecule has 0 amide bonds.